The van der Waals surface area contributed by atoms with Gasteiger partial charge < -0.3 is 18.8 Å². The van der Waals surface area contributed by atoms with E-state index in [9.17, 15) is 9.18 Å². The Bertz CT molecular complexity index is 1130. The molecule has 168 valence electrons. The molecule has 5 nitrogen and oxygen atoms in total. The molecule has 1 aromatic heterocycles. The van der Waals surface area contributed by atoms with Gasteiger partial charge >= 0.3 is 5.97 Å². The molecule has 1 heterocycles. The fourth-order valence-corrected chi connectivity index (χ4v) is 3.36. The largest absolute Gasteiger partial charge is 0.467 e. The number of hydrogen-bond acceptors (Lipinski definition) is 4. The average molecular weight is 438 g/mol. The molecule has 0 saturated carbocycles. The Kier molecular flexibility index (Phi) is 7.49. The van der Waals surface area contributed by atoms with Crippen LogP contribution in [0.25, 0.3) is 22.4 Å². The van der Waals surface area contributed by atoms with E-state index >= 15 is 0 Å². The second kappa shape index (κ2) is 10.3. The van der Waals surface area contributed by atoms with Gasteiger partial charge in [0.15, 0.2) is 6.79 Å². The normalized spacial score (nSPS) is 10.8. The molecular formula is C26H28FNO4. The first-order valence-corrected chi connectivity index (χ1v) is 10.5. The van der Waals surface area contributed by atoms with Crippen LogP contribution in [-0.4, -0.2) is 31.0 Å². The average Bonchev–Trinajstić information content (AvgIpc) is 3.24. The standard InChI is InChI=1S/C26H28FNO4/c1-6-17(3)22-14-28(15-23(22)19-9-8-18(4)24(27)12-19)20-10-11-21(26(29)31-7-2)25(13-20)32-16-30-5/h8-15H,3,6-7,16H2,1-2,4-5H3. The SMILES string of the molecule is C=C(CC)c1cn(-c2ccc(C(=O)OCC)c(OCOC)c2)cc1-c1ccc(C)c(F)c1. The minimum atomic E-state index is -0.464. The van der Waals surface area contributed by atoms with Gasteiger partial charge in [-0.15, -0.1) is 0 Å². The quantitative estimate of drug-likeness (QED) is 0.297. The van der Waals surface area contributed by atoms with Crippen molar-refractivity contribution in [3.63, 3.8) is 0 Å². The highest BCUT2D eigenvalue weighted by Gasteiger charge is 2.17. The van der Waals surface area contributed by atoms with E-state index in [2.05, 4.69) is 6.58 Å². The van der Waals surface area contributed by atoms with E-state index in [4.69, 9.17) is 14.2 Å². The van der Waals surface area contributed by atoms with E-state index in [0.717, 1.165) is 34.4 Å². The van der Waals surface area contributed by atoms with Crippen molar-refractivity contribution >= 4 is 11.5 Å². The van der Waals surface area contributed by atoms with Gasteiger partial charge in [0.05, 0.1) is 6.61 Å². The van der Waals surface area contributed by atoms with Crippen LogP contribution in [0.1, 0.15) is 41.8 Å². The molecule has 0 fully saturated rings. The zero-order valence-electron chi connectivity index (χ0n) is 18.9. The van der Waals surface area contributed by atoms with Crippen LogP contribution < -0.4 is 4.74 Å². The molecule has 6 heteroatoms. The maximum Gasteiger partial charge on any atom is 0.341 e. The lowest BCUT2D eigenvalue weighted by Crippen LogP contribution is -2.10. The zero-order valence-corrected chi connectivity index (χ0v) is 18.9. The minimum absolute atomic E-state index is 0.00663. The number of aryl methyl sites for hydroxylation is 1. The van der Waals surface area contributed by atoms with Crippen molar-refractivity contribution in [1.82, 2.24) is 4.57 Å². The molecule has 3 aromatic rings. The van der Waals surface area contributed by atoms with Gasteiger partial charge in [-0.25, -0.2) is 9.18 Å². The van der Waals surface area contributed by atoms with E-state index in [-0.39, 0.29) is 19.2 Å². The third-order valence-electron chi connectivity index (χ3n) is 5.21. The van der Waals surface area contributed by atoms with Gasteiger partial charge in [0.1, 0.15) is 17.1 Å². The summed E-state index contributed by atoms with van der Waals surface area (Å²) < 4.78 is 31.9. The molecule has 0 radical (unpaired) electrons. The highest BCUT2D eigenvalue weighted by Crippen LogP contribution is 2.34. The summed E-state index contributed by atoms with van der Waals surface area (Å²) in [4.78, 5) is 12.3. The zero-order chi connectivity index (χ0) is 23.3. The summed E-state index contributed by atoms with van der Waals surface area (Å²) in [5.74, 6) is -0.360. The molecule has 0 spiro atoms. The van der Waals surface area contributed by atoms with Gasteiger partial charge in [-0.05, 0) is 55.2 Å². The lowest BCUT2D eigenvalue weighted by molar-refractivity contribution is 0.0438. The fourth-order valence-electron chi connectivity index (χ4n) is 3.36. The Balaban J connectivity index is 2.10. The Morgan fingerprint density at radius 2 is 1.88 bits per heavy atom. The van der Waals surface area contributed by atoms with Crippen molar-refractivity contribution in [2.45, 2.75) is 27.2 Å². The Morgan fingerprint density at radius 1 is 1.09 bits per heavy atom. The molecule has 0 unspecified atom stereocenters. The van der Waals surface area contributed by atoms with Crippen molar-refractivity contribution in [1.29, 1.82) is 0 Å². The number of esters is 1. The second-order valence-electron chi connectivity index (χ2n) is 7.37. The van der Waals surface area contributed by atoms with Crippen LogP contribution in [-0.2, 0) is 9.47 Å². The summed E-state index contributed by atoms with van der Waals surface area (Å²) in [5, 5.41) is 0. The number of carbonyl (C=O) groups is 1. The predicted molar refractivity (Wildman–Crippen MR) is 124 cm³/mol. The Labute approximate surface area is 188 Å². The Morgan fingerprint density at radius 3 is 2.53 bits per heavy atom. The van der Waals surface area contributed by atoms with Crippen molar-refractivity contribution in [2.75, 3.05) is 20.5 Å². The molecule has 0 aliphatic heterocycles. The molecular weight excluding hydrogens is 409 g/mol. The smallest absolute Gasteiger partial charge is 0.341 e. The first kappa shape index (κ1) is 23.3. The summed E-state index contributed by atoms with van der Waals surface area (Å²) in [6, 6.07) is 10.4. The van der Waals surface area contributed by atoms with Gasteiger partial charge in [-0.1, -0.05) is 25.6 Å². The molecule has 0 N–H and O–H groups in total. The summed E-state index contributed by atoms with van der Waals surface area (Å²) in [7, 11) is 1.51. The first-order chi connectivity index (χ1) is 15.4. The van der Waals surface area contributed by atoms with E-state index in [1.165, 1.54) is 7.11 Å². The van der Waals surface area contributed by atoms with Crippen LogP contribution in [0.3, 0.4) is 0 Å². The number of benzene rings is 2. The molecule has 0 aliphatic carbocycles. The highest BCUT2D eigenvalue weighted by atomic mass is 19.1. The van der Waals surface area contributed by atoms with Gasteiger partial charge in [0.25, 0.3) is 0 Å². The fraction of sp³-hybridized carbons (Fsp3) is 0.269. The third kappa shape index (κ3) is 4.92. The molecule has 3 rings (SSSR count). The van der Waals surface area contributed by atoms with Gasteiger partial charge in [-0.3, -0.25) is 0 Å². The topological polar surface area (TPSA) is 49.7 Å². The molecule has 0 atom stereocenters. The summed E-state index contributed by atoms with van der Waals surface area (Å²) in [5.41, 5.74) is 5.22. The third-order valence-corrected chi connectivity index (χ3v) is 5.21. The van der Waals surface area contributed by atoms with E-state index < -0.39 is 5.97 Å². The maximum atomic E-state index is 14.3. The lowest BCUT2D eigenvalue weighted by atomic mass is 9.98. The summed E-state index contributed by atoms with van der Waals surface area (Å²) >= 11 is 0. The van der Waals surface area contributed by atoms with Gasteiger partial charge in [0.2, 0.25) is 0 Å². The van der Waals surface area contributed by atoms with Crippen LogP contribution in [0, 0.1) is 12.7 Å². The number of ether oxygens (including phenoxy) is 3. The maximum absolute atomic E-state index is 14.3. The number of methoxy groups -OCH3 is 1. The van der Waals surface area contributed by atoms with Gasteiger partial charge in [-0.2, -0.15) is 0 Å². The van der Waals surface area contributed by atoms with Gasteiger partial charge in [0, 0.05) is 42.4 Å². The van der Waals surface area contributed by atoms with Crippen molar-refractivity contribution < 1.29 is 23.4 Å². The van der Waals surface area contributed by atoms with Crippen LogP contribution in [0.2, 0.25) is 0 Å². The molecule has 0 saturated heterocycles. The number of halogens is 1. The molecule has 0 aliphatic rings. The van der Waals surface area contributed by atoms with Crippen molar-refractivity contribution in [2.24, 2.45) is 0 Å². The summed E-state index contributed by atoms with van der Waals surface area (Å²) in [6.07, 6.45) is 4.65. The number of hydrogen-bond donors (Lipinski definition) is 0. The predicted octanol–water partition coefficient (Wildman–Crippen LogP) is 6.17. The number of aromatic nitrogens is 1. The minimum Gasteiger partial charge on any atom is -0.467 e. The van der Waals surface area contributed by atoms with Crippen molar-refractivity contribution in [3.05, 3.63) is 77.9 Å². The molecule has 0 amide bonds. The number of nitrogens with zero attached hydrogens (tertiary/aromatic N) is 1. The second-order valence-corrected chi connectivity index (χ2v) is 7.37. The number of allylic oxidation sites excluding steroid dienone is 1. The molecule has 0 bridgehead atoms. The van der Waals surface area contributed by atoms with E-state index in [0.29, 0.717) is 16.9 Å². The van der Waals surface area contributed by atoms with Crippen LogP contribution in [0.15, 0.2) is 55.4 Å². The molecule has 2 aromatic carbocycles. The first-order valence-electron chi connectivity index (χ1n) is 10.5. The van der Waals surface area contributed by atoms with E-state index in [1.807, 2.05) is 36.0 Å². The van der Waals surface area contributed by atoms with Crippen molar-refractivity contribution in [3.8, 4) is 22.6 Å². The van der Waals surface area contributed by atoms with Crippen LogP contribution in [0.5, 0.6) is 5.75 Å². The summed E-state index contributed by atoms with van der Waals surface area (Å²) in [6.45, 7) is 9.96. The Hall–Kier alpha value is -3.38. The number of rotatable bonds is 9. The number of carbonyl (C=O) groups excluding carboxylic acids is 1. The monoisotopic (exact) mass is 437 g/mol. The molecule has 32 heavy (non-hydrogen) atoms. The van der Waals surface area contributed by atoms with E-state index in [1.54, 1.807) is 38.1 Å². The van der Waals surface area contributed by atoms with Crippen LogP contribution >= 0.6 is 0 Å². The van der Waals surface area contributed by atoms with Crippen LogP contribution in [0.4, 0.5) is 4.39 Å². The highest BCUT2D eigenvalue weighted by molar-refractivity contribution is 5.93. The lowest BCUT2D eigenvalue weighted by Gasteiger charge is -2.12.